The van der Waals surface area contributed by atoms with E-state index >= 15 is 0 Å². The molecule has 0 saturated carbocycles. The molecule has 7 heteroatoms. The number of amides is 1. The van der Waals surface area contributed by atoms with Crippen molar-refractivity contribution in [2.75, 3.05) is 13.7 Å². The molecule has 6 nitrogen and oxygen atoms in total. The first kappa shape index (κ1) is 16.2. The molecule has 1 N–H and O–H groups in total. The zero-order valence-electron chi connectivity index (χ0n) is 13.4. The van der Waals surface area contributed by atoms with Gasteiger partial charge in [0, 0.05) is 11.9 Å². The third kappa shape index (κ3) is 3.16. The van der Waals surface area contributed by atoms with Crippen LogP contribution in [0.3, 0.4) is 0 Å². The quantitative estimate of drug-likeness (QED) is 0.723. The van der Waals surface area contributed by atoms with Crippen LogP contribution in [-0.2, 0) is 9.53 Å². The molecule has 0 bridgehead atoms. The van der Waals surface area contributed by atoms with Gasteiger partial charge in [-0.1, -0.05) is 18.2 Å². The number of aryl methyl sites for hydroxylation is 1. The first-order valence-electron chi connectivity index (χ1n) is 7.49. The van der Waals surface area contributed by atoms with Gasteiger partial charge in [0.1, 0.15) is 4.83 Å². The molecule has 0 unspecified atom stereocenters. The number of ether oxygens (including phenoxy) is 1. The first-order valence-corrected chi connectivity index (χ1v) is 8.31. The maximum absolute atomic E-state index is 12.3. The summed E-state index contributed by atoms with van der Waals surface area (Å²) in [5.74, 6) is -0.540. The van der Waals surface area contributed by atoms with Crippen molar-refractivity contribution in [2.45, 2.75) is 13.3 Å². The molecule has 0 aliphatic heterocycles. The van der Waals surface area contributed by atoms with E-state index in [4.69, 9.17) is 0 Å². The number of hydrogen-bond donors (Lipinski definition) is 1. The number of methoxy groups -OCH3 is 1. The van der Waals surface area contributed by atoms with Crippen LogP contribution < -0.4 is 5.32 Å². The fourth-order valence-electron chi connectivity index (χ4n) is 2.37. The van der Waals surface area contributed by atoms with Crippen LogP contribution in [0.2, 0.25) is 0 Å². The normalized spacial score (nSPS) is 10.8. The van der Waals surface area contributed by atoms with Gasteiger partial charge < -0.3 is 10.1 Å². The van der Waals surface area contributed by atoms with Gasteiger partial charge in [-0.25, -0.2) is 4.68 Å². The molecule has 0 radical (unpaired) electrons. The van der Waals surface area contributed by atoms with Crippen LogP contribution in [-0.4, -0.2) is 35.3 Å². The minimum absolute atomic E-state index is 0.157. The van der Waals surface area contributed by atoms with Gasteiger partial charge in [-0.2, -0.15) is 5.10 Å². The van der Waals surface area contributed by atoms with Crippen molar-refractivity contribution < 1.29 is 14.3 Å². The summed E-state index contributed by atoms with van der Waals surface area (Å²) >= 11 is 1.38. The highest BCUT2D eigenvalue weighted by molar-refractivity contribution is 7.20. The van der Waals surface area contributed by atoms with Crippen LogP contribution in [0.5, 0.6) is 0 Å². The van der Waals surface area contributed by atoms with E-state index in [1.807, 2.05) is 48.0 Å². The van der Waals surface area contributed by atoms with Crippen LogP contribution in [0.1, 0.15) is 21.8 Å². The third-order valence-electron chi connectivity index (χ3n) is 3.61. The molecule has 0 aliphatic rings. The number of rotatable bonds is 5. The predicted molar refractivity (Wildman–Crippen MR) is 92.7 cm³/mol. The molecule has 0 aliphatic carbocycles. The topological polar surface area (TPSA) is 73.2 Å². The number of fused-ring (bicyclic) bond motifs is 1. The van der Waals surface area contributed by atoms with Crippen molar-refractivity contribution in [3.63, 3.8) is 0 Å². The highest BCUT2D eigenvalue weighted by atomic mass is 32.1. The van der Waals surface area contributed by atoms with E-state index in [2.05, 4.69) is 15.2 Å². The van der Waals surface area contributed by atoms with E-state index in [-0.39, 0.29) is 24.8 Å². The lowest BCUT2D eigenvalue weighted by Gasteiger charge is -2.03. The van der Waals surface area contributed by atoms with Gasteiger partial charge in [0.15, 0.2) is 0 Å². The standard InChI is InChI=1S/C17H17N3O3S/c1-11-13-10-14(16(22)18-9-8-15(21)23-2)24-17(13)20(19-11)12-6-4-3-5-7-12/h3-7,10H,8-9H2,1-2H3,(H,18,22). The number of para-hydroxylation sites is 1. The highest BCUT2D eigenvalue weighted by Gasteiger charge is 2.17. The zero-order valence-corrected chi connectivity index (χ0v) is 14.2. The Morgan fingerprint density at radius 1 is 1.29 bits per heavy atom. The minimum atomic E-state index is -0.345. The molecule has 1 aromatic carbocycles. The number of hydrogen-bond acceptors (Lipinski definition) is 5. The first-order chi connectivity index (χ1) is 11.6. The molecule has 124 valence electrons. The van der Waals surface area contributed by atoms with Gasteiger partial charge in [0.05, 0.1) is 29.8 Å². The van der Waals surface area contributed by atoms with Crippen LogP contribution in [0.15, 0.2) is 36.4 Å². The van der Waals surface area contributed by atoms with E-state index in [0.29, 0.717) is 4.88 Å². The lowest BCUT2D eigenvalue weighted by Crippen LogP contribution is -2.25. The second kappa shape index (κ2) is 6.84. The average Bonchev–Trinajstić information content (AvgIpc) is 3.16. The van der Waals surface area contributed by atoms with E-state index in [1.54, 1.807) is 0 Å². The average molecular weight is 343 g/mol. The molecular formula is C17H17N3O3S. The van der Waals surface area contributed by atoms with Crippen LogP contribution in [0.25, 0.3) is 15.9 Å². The van der Waals surface area contributed by atoms with Gasteiger partial charge in [0.25, 0.3) is 5.91 Å². The highest BCUT2D eigenvalue weighted by Crippen LogP contribution is 2.30. The summed E-state index contributed by atoms with van der Waals surface area (Å²) in [5.41, 5.74) is 1.83. The Labute approximate surface area is 143 Å². The van der Waals surface area contributed by atoms with Crippen molar-refractivity contribution in [2.24, 2.45) is 0 Å². The summed E-state index contributed by atoms with van der Waals surface area (Å²) in [7, 11) is 1.33. The van der Waals surface area contributed by atoms with Crippen molar-refractivity contribution in [3.05, 3.63) is 47.0 Å². The van der Waals surface area contributed by atoms with Crippen molar-refractivity contribution in [1.82, 2.24) is 15.1 Å². The summed E-state index contributed by atoms with van der Waals surface area (Å²) in [6, 6.07) is 11.6. The van der Waals surface area contributed by atoms with Crippen molar-refractivity contribution >= 4 is 33.4 Å². The smallest absolute Gasteiger partial charge is 0.307 e. The maximum atomic E-state index is 12.3. The van der Waals surface area contributed by atoms with E-state index in [0.717, 1.165) is 21.6 Å². The Bertz CT molecular complexity index is 883. The second-order valence-electron chi connectivity index (χ2n) is 5.24. The molecule has 2 aromatic heterocycles. The zero-order chi connectivity index (χ0) is 17.1. The Hall–Kier alpha value is -2.67. The van der Waals surface area contributed by atoms with Crippen LogP contribution >= 0.6 is 11.3 Å². The number of nitrogens with zero attached hydrogens (tertiary/aromatic N) is 2. The fourth-order valence-corrected chi connectivity index (χ4v) is 3.47. The summed E-state index contributed by atoms with van der Waals surface area (Å²) in [6.45, 7) is 2.18. The van der Waals surface area contributed by atoms with Gasteiger partial charge in [0.2, 0.25) is 0 Å². The summed E-state index contributed by atoms with van der Waals surface area (Å²) in [4.78, 5) is 24.9. The minimum Gasteiger partial charge on any atom is -0.469 e. The van der Waals surface area contributed by atoms with Gasteiger partial charge in [-0.3, -0.25) is 9.59 Å². The maximum Gasteiger partial charge on any atom is 0.307 e. The number of carbonyl (C=O) groups is 2. The van der Waals surface area contributed by atoms with Gasteiger partial charge in [-0.15, -0.1) is 11.3 Å². The van der Waals surface area contributed by atoms with Crippen LogP contribution in [0.4, 0.5) is 0 Å². The number of benzene rings is 1. The van der Waals surface area contributed by atoms with E-state index < -0.39 is 0 Å². The fraction of sp³-hybridized carbons (Fsp3) is 0.235. The summed E-state index contributed by atoms with van der Waals surface area (Å²) < 4.78 is 6.40. The number of esters is 1. The summed E-state index contributed by atoms with van der Waals surface area (Å²) in [5, 5.41) is 8.25. The Kier molecular flexibility index (Phi) is 4.61. The van der Waals surface area contributed by atoms with E-state index in [1.165, 1.54) is 18.4 Å². The number of carbonyl (C=O) groups excluding carboxylic acids is 2. The third-order valence-corrected chi connectivity index (χ3v) is 4.72. The predicted octanol–water partition coefficient (Wildman–Crippen LogP) is 2.69. The van der Waals surface area contributed by atoms with Gasteiger partial charge in [-0.05, 0) is 25.1 Å². The monoisotopic (exact) mass is 343 g/mol. The second-order valence-corrected chi connectivity index (χ2v) is 6.27. The van der Waals surface area contributed by atoms with Crippen LogP contribution in [0, 0.1) is 6.92 Å². The lowest BCUT2D eigenvalue weighted by molar-refractivity contribution is -0.140. The number of aromatic nitrogens is 2. The van der Waals surface area contributed by atoms with Crippen molar-refractivity contribution in [3.8, 4) is 5.69 Å². The molecule has 3 rings (SSSR count). The molecule has 2 heterocycles. The lowest BCUT2D eigenvalue weighted by atomic mass is 10.3. The molecule has 1 amide bonds. The molecule has 0 spiro atoms. The molecule has 3 aromatic rings. The molecule has 0 atom stereocenters. The largest absolute Gasteiger partial charge is 0.469 e. The molecule has 0 fully saturated rings. The Balaban J connectivity index is 1.84. The molecule has 0 saturated heterocycles. The van der Waals surface area contributed by atoms with Crippen molar-refractivity contribution in [1.29, 1.82) is 0 Å². The molecular weight excluding hydrogens is 326 g/mol. The molecule has 24 heavy (non-hydrogen) atoms. The Morgan fingerprint density at radius 2 is 2.04 bits per heavy atom. The van der Waals surface area contributed by atoms with E-state index in [9.17, 15) is 9.59 Å². The SMILES string of the molecule is COC(=O)CCNC(=O)c1cc2c(C)nn(-c3ccccc3)c2s1. The number of nitrogens with one attached hydrogen (secondary N) is 1. The number of thiophene rings is 1. The summed E-state index contributed by atoms with van der Waals surface area (Å²) in [6.07, 6.45) is 0.157. The van der Waals surface area contributed by atoms with Gasteiger partial charge >= 0.3 is 5.97 Å². The Morgan fingerprint density at radius 3 is 2.75 bits per heavy atom.